The summed E-state index contributed by atoms with van der Waals surface area (Å²) in [6, 6.07) is 16.0. The van der Waals surface area contributed by atoms with Crippen molar-refractivity contribution in [1.82, 2.24) is 4.90 Å². The van der Waals surface area contributed by atoms with E-state index in [4.69, 9.17) is 10.00 Å². The van der Waals surface area contributed by atoms with Crippen LogP contribution in [0.4, 0.5) is 16.2 Å². The zero-order valence-electron chi connectivity index (χ0n) is 15.0. The first kappa shape index (κ1) is 18.3. The Morgan fingerprint density at radius 2 is 1.81 bits per heavy atom. The Hall–Kier alpha value is -3.53. The van der Waals surface area contributed by atoms with Gasteiger partial charge in [0.05, 0.1) is 24.3 Å². The number of rotatable bonds is 3. The van der Waals surface area contributed by atoms with Gasteiger partial charge in [-0.15, -0.1) is 0 Å². The Morgan fingerprint density at radius 3 is 2.52 bits per heavy atom. The van der Waals surface area contributed by atoms with Crippen molar-refractivity contribution in [2.75, 3.05) is 43.5 Å². The zero-order valence-corrected chi connectivity index (χ0v) is 15.0. The van der Waals surface area contributed by atoms with Gasteiger partial charge < -0.3 is 19.9 Å². The maximum absolute atomic E-state index is 12.4. The van der Waals surface area contributed by atoms with Crippen molar-refractivity contribution in [2.24, 2.45) is 0 Å². The number of carbonyl (C=O) groups excluding carboxylic acids is 2. The number of nitriles is 1. The number of piperazine rings is 1. The summed E-state index contributed by atoms with van der Waals surface area (Å²) in [6.45, 7) is 2.45. The molecule has 0 saturated carbocycles. The fourth-order valence-electron chi connectivity index (χ4n) is 2.98. The molecule has 1 heterocycles. The molecule has 7 nitrogen and oxygen atoms in total. The molecule has 0 atom stereocenters. The number of carbonyl (C=O) groups is 2. The number of anilines is 2. The summed E-state index contributed by atoms with van der Waals surface area (Å²) in [5.74, 6) is -0.366. The SMILES string of the molecule is COC(=O)c1cccc(N2CCN(C(=O)Nc3cccc(C#N)c3)CC2)c1. The first-order chi connectivity index (χ1) is 13.1. The van der Waals surface area contributed by atoms with E-state index in [1.807, 2.05) is 12.1 Å². The average molecular weight is 364 g/mol. The van der Waals surface area contributed by atoms with Crippen molar-refractivity contribution in [3.63, 3.8) is 0 Å². The van der Waals surface area contributed by atoms with Crippen LogP contribution in [-0.4, -0.2) is 50.2 Å². The zero-order chi connectivity index (χ0) is 19.2. The lowest BCUT2D eigenvalue weighted by molar-refractivity contribution is 0.0600. The van der Waals surface area contributed by atoms with Crippen LogP contribution in [0.5, 0.6) is 0 Å². The van der Waals surface area contributed by atoms with Crippen LogP contribution in [0.15, 0.2) is 48.5 Å². The molecule has 1 saturated heterocycles. The molecule has 7 heteroatoms. The van der Waals surface area contributed by atoms with Crippen molar-refractivity contribution in [3.8, 4) is 6.07 Å². The van der Waals surface area contributed by atoms with Crippen LogP contribution in [-0.2, 0) is 4.74 Å². The second kappa shape index (κ2) is 8.23. The third-order valence-electron chi connectivity index (χ3n) is 4.44. The smallest absolute Gasteiger partial charge is 0.337 e. The molecule has 0 aliphatic carbocycles. The van der Waals surface area contributed by atoms with Gasteiger partial charge in [-0.25, -0.2) is 9.59 Å². The third-order valence-corrected chi connectivity index (χ3v) is 4.44. The molecule has 1 N–H and O–H groups in total. The van der Waals surface area contributed by atoms with Crippen LogP contribution < -0.4 is 10.2 Å². The number of ether oxygens (including phenoxy) is 1. The maximum Gasteiger partial charge on any atom is 0.337 e. The topological polar surface area (TPSA) is 85.7 Å². The van der Waals surface area contributed by atoms with Crippen molar-refractivity contribution >= 4 is 23.4 Å². The van der Waals surface area contributed by atoms with E-state index in [0.717, 1.165) is 5.69 Å². The maximum atomic E-state index is 12.4. The minimum absolute atomic E-state index is 0.187. The van der Waals surface area contributed by atoms with Crippen LogP contribution in [0, 0.1) is 11.3 Å². The number of methoxy groups -OCH3 is 1. The van der Waals surface area contributed by atoms with E-state index in [9.17, 15) is 9.59 Å². The van der Waals surface area contributed by atoms with E-state index in [1.165, 1.54) is 7.11 Å². The molecule has 2 aromatic rings. The van der Waals surface area contributed by atoms with Gasteiger partial charge in [-0.3, -0.25) is 0 Å². The molecule has 0 bridgehead atoms. The van der Waals surface area contributed by atoms with Crippen LogP contribution in [0.1, 0.15) is 15.9 Å². The number of nitrogens with zero attached hydrogens (tertiary/aromatic N) is 3. The Bertz CT molecular complexity index is 883. The molecule has 1 fully saturated rings. The van der Waals surface area contributed by atoms with E-state index in [0.29, 0.717) is 43.0 Å². The molecule has 1 aliphatic rings. The van der Waals surface area contributed by atoms with Crippen LogP contribution >= 0.6 is 0 Å². The van der Waals surface area contributed by atoms with E-state index < -0.39 is 0 Å². The van der Waals surface area contributed by atoms with E-state index in [1.54, 1.807) is 41.3 Å². The lowest BCUT2D eigenvalue weighted by atomic mass is 10.1. The lowest BCUT2D eigenvalue weighted by Gasteiger charge is -2.36. The van der Waals surface area contributed by atoms with Gasteiger partial charge in [0.15, 0.2) is 0 Å². The highest BCUT2D eigenvalue weighted by Crippen LogP contribution is 2.19. The number of amides is 2. The molecule has 2 amide bonds. The van der Waals surface area contributed by atoms with Crippen molar-refractivity contribution in [1.29, 1.82) is 5.26 Å². The Kier molecular flexibility index (Phi) is 5.57. The molecule has 27 heavy (non-hydrogen) atoms. The minimum Gasteiger partial charge on any atom is -0.465 e. The van der Waals surface area contributed by atoms with Gasteiger partial charge in [0.2, 0.25) is 0 Å². The summed E-state index contributed by atoms with van der Waals surface area (Å²) >= 11 is 0. The number of hydrogen-bond acceptors (Lipinski definition) is 5. The predicted octanol–water partition coefficient (Wildman–Crippen LogP) is 2.70. The first-order valence-corrected chi connectivity index (χ1v) is 8.60. The molecule has 2 aromatic carbocycles. The quantitative estimate of drug-likeness (QED) is 0.847. The number of hydrogen-bond donors (Lipinski definition) is 1. The van der Waals surface area contributed by atoms with Crippen molar-refractivity contribution < 1.29 is 14.3 Å². The summed E-state index contributed by atoms with van der Waals surface area (Å²) in [4.78, 5) is 28.0. The molecule has 138 valence electrons. The summed E-state index contributed by atoms with van der Waals surface area (Å²) in [5, 5.41) is 11.8. The van der Waals surface area contributed by atoms with Gasteiger partial charge in [-0.1, -0.05) is 12.1 Å². The van der Waals surface area contributed by atoms with Gasteiger partial charge in [0, 0.05) is 37.6 Å². The number of esters is 1. The minimum atomic E-state index is -0.366. The highest BCUT2D eigenvalue weighted by Gasteiger charge is 2.22. The lowest BCUT2D eigenvalue weighted by Crippen LogP contribution is -2.50. The van der Waals surface area contributed by atoms with Crippen LogP contribution in [0.3, 0.4) is 0 Å². The molecule has 0 spiro atoms. The Morgan fingerprint density at radius 1 is 1.07 bits per heavy atom. The summed E-state index contributed by atoms with van der Waals surface area (Å²) in [7, 11) is 1.36. The summed E-state index contributed by atoms with van der Waals surface area (Å²) in [5.41, 5.74) is 2.54. The highest BCUT2D eigenvalue weighted by atomic mass is 16.5. The van der Waals surface area contributed by atoms with E-state index in [2.05, 4.69) is 16.3 Å². The fourth-order valence-corrected chi connectivity index (χ4v) is 2.98. The second-order valence-corrected chi connectivity index (χ2v) is 6.14. The van der Waals surface area contributed by atoms with Gasteiger partial charge in [-0.05, 0) is 36.4 Å². The molecule has 3 rings (SSSR count). The molecular weight excluding hydrogens is 344 g/mol. The van der Waals surface area contributed by atoms with Crippen LogP contribution in [0.2, 0.25) is 0 Å². The van der Waals surface area contributed by atoms with Gasteiger partial charge >= 0.3 is 12.0 Å². The number of nitrogens with one attached hydrogen (secondary N) is 1. The number of urea groups is 1. The second-order valence-electron chi connectivity index (χ2n) is 6.14. The molecule has 0 aromatic heterocycles. The highest BCUT2D eigenvalue weighted by molar-refractivity contribution is 5.91. The average Bonchev–Trinajstić information content (AvgIpc) is 2.73. The first-order valence-electron chi connectivity index (χ1n) is 8.60. The molecule has 0 radical (unpaired) electrons. The summed E-state index contributed by atoms with van der Waals surface area (Å²) in [6.07, 6.45) is 0. The predicted molar refractivity (Wildman–Crippen MR) is 102 cm³/mol. The summed E-state index contributed by atoms with van der Waals surface area (Å²) < 4.78 is 4.76. The fraction of sp³-hybridized carbons (Fsp3) is 0.250. The normalized spacial score (nSPS) is 13.6. The largest absolute Gasteiger partial charge is 0.465 e. The van der Waals surface area contributed by atoms with Gasteiger partial charge in [-0.2, -0.15) is 5.26 Å². The van der Waals surface area contributed by atoms with E-state index in [-0.39, 0.29) is 12.0 Å². The van der Waals surface area contributed by atoms with Crippen molar-refractivity contribution in [3.05, 3.63) is 59.7 Å². The standard InChI is InChI=1S/C20H20N4O3/c1-27-19(25)16-5-3-7-18(13-16)23-8-10-24(11-9-23)20(26)22-17-6-2-4-15(12-17)14-21/h2-7,12-13H,8-11H2,1H3,(H,22,26). The Balaban J connectivity index is 1.59. The number of benzene rings is 2. The molecular formula is C20H20N4O3. The third kappa shape index (κ3) is 4.36. The molecule has 0 unspecified atom stereocenters. The Labute approximate surface area is 157 Å². The van der Waals surface area contributed by atoms with Crippen molar-refractivity contribution in [2.45, 2.75) is 0 Å². The van der Waals surface area contributed by atoms with Gasteiger partial charge in [0.1, 0.15) is 0 Å². The van der Waals surface area contributed by atoms with E-state index >= 15 is 0 Å². The van der Waals surface area contributed by atoms with Crippen LogP contribution in [0.25, 0.3) is 0 Å². The monoisotopic (exact) mass is 364 g/mol. The van der Waals surface area contributed by atoms with Gasteiger partial charge in [0.25, 0.3) is 0 Å². The molecule has 1 aliphatic heterocycles.